The van der Waals surface area contributed by atoms with Crippen LogP contribution in [0.1, 0.15) is 33.1 Å². The lowest BCUT2D eigenvalue weighted by atomic mass is 9.80. The quantitative estimate of drug-likeness (QED) is 0.651. The lowest BCUT2D eigenvalue weighted by Gasteiger charge is -2.24. The summed E-state index contributed by atoms with van der Waals surface area (Å²) in [5.74, 6) is 0.498. The number of hydrogen-bond donors (Lipinski definition) is 1. The molecule has 0 radical (unpaired) electrons. The second kappa shape index (κ2) is 2.24. The third-order valence-corrected chi connectivity index (χ3v) is 4.18. The van der Waals surface area contributed by atoms with Crippen molar-refractivity contribution >= 4 is 5.97 Å². The molecule has 2 fully saturated rings. The third kappa shape index (κ3) is 0.838. The average Bonchev–Trinajstić information content (AvgIpc) is 2.40. The lowest BCUT2D eigenvalue weighted by Crippen LogP contribution is -2.24. The van der Waals surface area contributed by atoms with E-state index in [0.29, 0.717) is 17.3 Å². The Balaban J connectivity index is 2.24. The standard InChI is InChI=1S/C10H16O2/c1-10(2)6-3-4-8(10)7(5-6)9(11)12/h6-8H,3-5H2,1-2H3,(H,11,12). The monoisotopic (exact) mass is 168 g/mol. The number of carbonyl (C=O) groups is 1. The smallest absolute Gasteiger partial charge is 0.306 e. The van der Waals surface area contributed by atoms with Gasteiger partial charge < -0.3 is 5.11 Å². The molecule has 2 aliphatic carbocycles. The fraction of sp³-hybridized carbons (Fsp3) is 0.900. The highest BCUT2D eigenvalue weighted by atomic mass is 16.4. The van der Waals surface area contributed by atoms with Gasteiger partial charge in [0.1, 0.15) is 0 Å². The Labute approximate surface area is 73.0 Å². The van der Waals surface area contributed by atoms with E-state index in [1.807, 2.05) is 0 Å². The fourth-order valence-electron chi connectivity index (χ4n) is 3.31. The molecule has 68 valence electrons. The summed E-state index contributed by atoms with van der Waals surface area (Å²) >= 11 is 0. The first-order valence-corrected chi connectivity index (χ1v) is 4.76. The second-order valence-corrected chi connectivity index (χ2v) is 4.88. The third-order valence-electron chi connectivity index (χ3n) is 4.18. The van der Waals surface area contributed by atoms with Crippen LogP contribution in [0.4, 0.5) is 0 Å². The molecule has 2 nitrogen and oxygen atoms in total. The molecule has 0 aromatic heterocycles. The maximum absolute atomic E-state index is 10.9. The molecular formula is C10H16O2. The molecule has 2 saturated carbocycles. The summed E-state index contributed by atoms with van der Waals surface area (Å²) < 4.78 is 0. The second-order valence-electron chi connectivity index (χ2n) is 4.88. The summed E-state index contributed by atoms with van der Waals surface area (Å²) in [5.41, 5.74) is 0.295. The van der Waals surface area contributed by atoms with Gasteiger partial charge in [-0.1, -0.05) is 13.8 Å². The van der Waals surface area contributed by atoms with Gasteiger partial charge in [-0.05, 0) is 36.5 Å². The van der Waals surface area contributed by atoms with Crippen molar-refractivity contribution in [2.24, 2.45) is 23.2 Å². The SMILES string of the molecule is CC1(C)C2CCC1C(C(=O)O)C2. The zero-order valence-electron chi connectivity index (χ0n) is 7.71. The van der Waals surface area contributed by atoms with Crippen LogP contribution in [-0.4, -0.2) is 11.1 Å². The Hall–Kier alpha value is -0.530. The Morgan fingerprint density at radius 3 is 2.33 bits per heavy atom. The minimum Gasteiger partial charge on any atom is -0.481 e. The number of carboxylic acid groups (broad SMARTS) is 1. The van der Waals surface area contributed by atoms with Crippen LogP contribution in [0.15, 0.2) is 0 Å². The molecule has 1 N–H and O–H groups in total. The van der Waals surface area contributed by atoms with Gasteiger partial charge in [0.2, 0.25) is 0 Å². The first-order valence-electron chi connectivity index (χ1n) is 4.76. The molecule has 0 amide bonds. The van der Waals surface area contributed by atoms with E-state index in [0.717, 1.165) is 12.8 Å². The van der Waals surface area contributed by atoms with E-state index in [1.165, 1.54) is 6.42 Å². The van der Waals surface area contributed by atoms with Crippen LogP contribution in [0, 0.1) is 23.2 Å². The number of hydrogen-bond acceptors (Lipinski definition) is 1. The molecule has 2 heteroatoms. The predicted molar refractivity (Wildman–Crippen MR) is 45.7 cm³/mol. The summed E-state index contributed by atoms with van der Waals surface area (Å²) in [6.45, 7) is 4.47. The van der Waals surface area contributed by atoms with Gasteiger partial charge in [0, 0.05) is 0 Å². The predicted octanol–water partition coefficient (Wildman–Crippen LogP) is 2.14. The zero-order valence-corrected chi connectivity index (χ0v) is 7.71. The van der Waals surface area contributed by atoms with Crippen molar-refractivity contribution in [1.29, 1.82) is 0 Å². The molecule has 0 aromatic rings. The van der Waals surface area contributed by atoms with E-state index < -0.39 is 5.97 Å². The molecule has 0 heterocycles. The van der Waals surface area contributed by atoms with Crippen molar-refractivity contribution in [1.82, 2.24) is 0 Å². The van der Waals surface area contributed by atoms with Gasteiger partial charge in [-0.3, -0.25) is 4.79 Å². The minimum absolute atomic E-state index is 0.0428. The van der Waals surface area contributed by atoms with Gasteiger partial charge in [0.25, 0.3) is 0 Å². The summed E-state index contributed by atoms with van der Waals surface area (Å²) in [5, 5.41) is 8.97. The van der Waals surface area contributed by atoms with Gasteiger partial charge in [-0.15, -0.1) is 0 Å². The van der Waals surface area contributed by atoms with Crippen molar-refractivity contribution in [3.63, 3.8) is 0 Å². The maximum atomic E-state index is 10.9. The van der Waals surface area contributed by atoms with Crippen LogP contribution in [0.3, 0.4) is 0 Å². The topological polar surface area (TPSA) is 37.3 Å². The van der Waals surface area contributed by atoms with Crippen molar-refractivity contribution < 1.29 is 9.90 Å². The van der Waals surface area contributed by atoms with E-state index in [-0.39, 0.29) is 5.92 Å². The molecule has 2 rings (SSSR count). The van der Waals surface area contributed by atoms with Crippen LogP contribution in [0.2, 0.25) is 0 Å². The molecule has 2 bridgehead atoms. The largest absolute Gasteiger partial charge is 0.481 e. The Bertz CT molecular complexity index is 220. The Morgan fingerprint density at radius 1 is 1.42 bits per heavy atom. The van der Waals surface area contributed by atoms with Crippen LogP contribution in [0.25, 0.3) is 0 Å². The number of fused-ring (bicyclic) bond motifs is 2. The summed E-state index contributed by atoms with van der Waals surface area (Å²) in [6, 6.07) is 0. The number of rotatable bonds is 1. The van der Waals surface area contributed by atoms with Crippen LogP contribution < -0.4 is 0 Å². The Kier molecular flexibility index (Phi) is 1.51. The van der Waals surface area contributed by atoms with Crippen molar-refractivity contribution in [2.45, 2.75) is 33.1 Å². The fourth-order valence-corrected chi connectivity index (χ4v) is 3.31. The van der Waals surface area contributed by atoms with Crippen LogP contribution in [0.5, 0.6) is 0 Å². The minimum atomic E-state index is -0.574. The van der Waals surface area contributed by atoms with Crippen molar-refractivity contribution in [2.75, 3.05) is 0 Å². The molecular weight excluding hydrogens is 152 g/mol. The zero-order chi connectivity index (χ0) is 8.93. The van der Waals surface area contributed by atoms with Crippen LogP contribution >= 0.6 is 0 Å². The van der Waals surface area contributed by atoms with Gasteiger partial charge in [0.05, 0.1) is 5.92 Å². The van der Waals surface area contributed by atoms with E-state index in [9.17, 15) is 4.79 Å². The van der Waals surface area contributed by atoms with Gasteiger partial charge >= 0.3 is 5.97 Å². The van der Waals surface area contributed by atoms with Crippen molar-refractivity contribution in [3.05, 3.63) is 0 Å². The van der Waals surface area contributed by atoms with E-state index in [4.69, 9.17) is 5.11 Å². The molecule has 0 aliphatic heterocycles. The molecule has 3 atom stereocenters. The molecule has 2 aliphatic rings. The number of carboxylic acids is 1. The van der Waals surface area contributed by atoms with E-state index in [1.54, 1.807) is 0 Å². The highest BCUT2D eigenvalue weighted by Crippen LogP contribution is 2.60. The highest BCUT2D eigenvalue weighted by molar-refractivity contribution is 5.71. The molecule has 12 heavy (non-hydrogen) atoms. The van der Waals surface area contributed by atoms with E-state index in [2.05, 4.69) is 13.8 Å². The molecule has 0 aromatic carbocycles. The highest BCUT2D eigenvalue weighted by Gasteiger charge is 2.55. The first-order chi connectivity index (χ1) is 5.53. The van der Waals surface area contributed by atoms with E-state index >= 15 is 0 Å². The normalized spacial score (nSPS) is 43.3. The molecule has 0 saturated heterocycles. The summed E-state index contributed by atoms with van der Waals surface area (Å²) in [6.07, 6.45) is 3.31. The summed E-state index contributed by atoms with van der Waals surface area (Å²) in [7, 11) is 0. The van der Waals surface area contributed by atoms with Gasteiger partial charge in [0.15, 0.2) is 0 Å². The average molecular weight is 168 g/mol. The maximum Gasteiger partial charge on any atom is 0.306 e. The molecule has 0 spiro atoms. The first kappa shape index (κ1) is 8.09. The van der Waals surface area contributed by atoms with Crippen molar-refractivity contribution in [3.8, 4) is 0 Å². The van der Waals surface area contributed by atoms with Crippen LogP contribution in [-0.2, 0) is 4.79 Å². The number of aliphatic carboxylic acids is 1. The lowest BCUT2D eigenvalue weighted by molar-refractivity contribution is -0.143. The van der Waals surface area contributed by atoms with Gasteiger partial charge in [-0.25, -0.2) is 0 Å². The van der Waals surface area contributed by atoms with Gasteiger partial charge in [-0.2, -0.15) is 0 Å². The molecule has 3 unspecified atom stereocenters. The Morgan fingerprint density at radius 2 is 2.08 bits per heavy atom. The summed E-state index contributed by atoms with van der Waals surface area (Å²) in [4.78, 5) is 10.9.